The summed E-state index contributed by atoms with van der Waals surface area (Å²) >= 11 is 0. The molecule has 1 fully saturated rings. The van der Waals surface area contributed by atoms with Crippen LogP contribution in [-0.4, -0.2) is 18.6 Å². The van der Waals surface area contributed by atoms with Gasteiger partial charge in [-0.25, -0.2) is 4.98 Å². The highest BCUT2D eigenvalue weighted by Gasteiger charge is 2.14. The molecule has 2 rings (SSSR count). The lowest BCUT2D eigenvalue weighted by Crippen LogP contribution is -2.15. The average Bonchev–Trinajstić information content (AvgIpc) is 2.39. The molecule has 0 bridgehead atoms. The Morgan fingerprint density at radius 1 is 1.35 bits per heavy atom. The van der Waals surface area contributed by atoms with Crippen LogP contribution in [0.1, 0.15) is 37.7 Å². The van der Waals surface area contributed by atoms with Crippen molar-refractivity contribution < 1.29 is 4.74 Å². The number of rotatable bonds is 5. The zero-order chi connectivity index (χ0) is 11.9. The SMILES string of the molecule is CNCc1ccnc(OCC2CCCCC2)c1. The quantitative estimate of drug-likeness (QED) is 0.850. The predicted molar refractivity (Wildman–Crippen MR) is 69.1 cm³/mol. The molecule has 1 aromatic rings. The van der Waals surface area contributed by atoms with Crippen molar-refractivity contribution >= 4 is 0 Å². The Bertz CT molecular complexity index is 335. The monoisotopic (exact) mass is 234 g/mol. The molecule has 0 unspecified atom stereocenters. The van der Waals surface area contributed by atoms with Crippen LogP contribution in [0.5, 0.6) is 5.88 Å². The van der Waals surface area contributed by atoms with Gasteiger partial charge in [0, 0.05) is 18.8 Å². The second kappa shape index (κ2) is 6.60. The maximum Gasteiger partial charge on any atom is 0.213 e. The summed E-state index contributed by atoms with van der Waals surface area (Å²) in [5.41, 5.74) is 1.22. The Morgan fingerprint density at radius 3 is 2.94 bits per heavy atom. The number of pyridine rings is 1. The van der Waals surface area contributed by atoms with Crippen LogP contribution in [0, 0.1) is 5.92 Å². The zero-order valence-corrected chi connectivity index (χ0v) is 10.6. The Morgan fingerprint density at radius 2 is 2.18 bits per heavy atom. The van der Waals surface area contributed by atoms with E-state index in [9.17, 15) is 0 Å². The third kappa shape index (κ3) is 4.00. The van der Waals surface area contributed by atoms with Gasteiger partial charge in [0.1, 0.15) is 0 Å². The smallest absolute Gasteiger partial charge is 0.213 e. The van der Waals surface area contributed by atoms with Crippen LogP contribution in [0.4, 0.5) is 0 Å². The average molecular weight is 234 g/mol. The number of nitrogens with zero attached hydrogens (tertiary/aromatic N) is 1. The van der Waals surface area contributed by atoms with Gasteiger partial charge in [-0.2, -0.15) is 0 Å². The number of aromatic nitrogens is 1. The van der Waals surface area contributed by atoms with Crippen LogP contribution in [0.2, 0.25) is 0 Å². The van der Waals surface area contributed by atoms with Gasteiger partial charge in [-0.05, 0) is 37.4 Å². The van der Waals surface area contributed by atoms with E-state index in [1.165, 1.54) is 37.7 Å². The third-order valence-corrected chi connectivity index (χ3v) is 3.37. The highest BCUT2D eigenvalue weighted by molar-refractivity contribution is 5.20. The molecule has 0 amide bonds. The van der Waals surface area contributed by atoms with Gasteiger partial charge < -0.3 is 10.1 Å². The van der Waals surface area contributed by atoms with Crippen LogP contribution in [0.3, 0.4) is 0 Å². The molecule has 94 valence electrons. The molecule has 0 atom stereocenters. The maximum absolute atomic E-state index is 5.79. The first-order valence-corrected chi connectivity index (χ1v) is 6.61. The van der Waals surface area contributed by atoms with Crippen LogP contribution in [-0.2, 0) is 6.54 Å². The Hall–Kier alpha value is -1.09. The van der Waals surface area contributed by atoms with Crippen molar-refractivity contribution in [3.8, 4) is 5.88 Å². The molecule has 1 saturated carbocycles. The van der Waals surface area contributed by atoms with Gasteiger partial charge in [-0.15, -0.1) is 0 Å². The van der Waals surface area contributed by atoms with Crippen molar-refractivity contribution in [3.05, 3.63) is 23.9 Å². The van der Waals surface area contributed by atoms with Gasteiger partial charge in [0.15, 0.2) is 0 Å². The summed E-state index contributed by atoms with van der Waals surface area (Å²) in [4.78, 5) is 4.26. The normalized spacial score (nSPS) is 17.0. The van der Waals surface area contributed by atoms with Crippen molar-refractivity contribution in [2.24, 2.45) is 5.92 Å². The van der Waals surface area contributed by atoms with Crippen LogP contribution in [0.15, 0.2) is 18.3 Å². The van der Waals surface area contributed by atoms with E-state index in [-0.39, 0.29) is 0 Å². The minimum absolute atomic E-state index is 0.735. The lowest BCUT2D eigenvalue weighted by Gasteiger charge is -2.21. The summed E-state index contributed by atoms with van der Waals surface area (Å²) in [6.45, 7) is 1.69. The second-order valence-corrected chi connectivity index (χ2v) is 4.85. The standard InChI is InChI=1S/C14H22N2O/c1-15-10-13-7-8-16-14(9-13)17-11-12-5-3-2-4-6-12/h7-9,12,15H,2-6,10-11H2,1H3. The number of nitrogens with one attached hydrogen (secondary N) is 1. The van der Waals surface area contributed by atoms with Crippen molar-refractivity contribution in [3.63, 3.8) is 0 Å². The van der Waals surface area contributed by atoms with Crippen LogP contribution in [0.25, 0.3) is 0 Å². The Balaban J connectivity index is 1.83. The summed E-state index contributed by atoms with van der Waals surface area (Å²) < 4.78 is 5.79. The van der Waals surface area contributed by atoms with Gasteiger partial charge in [-0.1, -0.05) is 19.3 Å². The zero-order valence-electron chi connectivity index (χ0n) is 10.6. The fraction of sp³-hybridized carbons (Fsp3) is 0.643. The van der Waals surface area contributed by atoms with Gasteiger partial charge in [-0.3, -0.25) is 0 Å². The van der Waals surface area contributed by atoms with E-state index in [2.05, 4.69) is 10.3 Å². The predicted octanol–water partition coefficient (Wildman–Crippen LogP) is 2.76. The van der Waals surface area contributed by atoms with Gasteiger partial charge in [0.05, 0.1) is 6.61 Å². The largest absolute Gasteiger partial charge is 0.477 e. The molecule has 0 aromatic carbocycles. The molecular formula is C14H22N2O. The highest BCUT2D eigenvalue weighted by atomic mass is 16.5. The maximum atomic E-state index is 5.79. The molecule has 17 heavy (non-hydrogen) atoms. The topological polar surface area (TPSA) is 34.2 Å². The highest BCUT2D eigenvalue weighted by Crippen LogP contribution is 2.24. The Labute approximate surface area is 104 Å². The van der Waals surface area contributed by atoms with E-state index < -0.39 is 0 Å². The third-order valence-electron chi connectivity index (χ3n) is 3.37. The van der Waals surface area contributed by atoms with Gasteiger partial charge in [0.25, 0.3) is 0 Å². The molecule has 1 aliphatic carbocycles. The molecule has 1 aliphatic rings. The van der Waals surface area contributed by atoms with E-state index in [0.717, 1.165) is 24.9 Å². The molecule has 0 aliphatic heterocycles. The first kappa shape index (κ1) is 12.4. The molecule has 0 spiro atoms. The molecule has 0 saturated heterocycles. The van der Waals surface area contributed by atoms with Crippen molar-refractivity contribution in [1.82, 2.24) is 10.3 Å². The minimum Gasteiger partial charge on any atom is -0.477 e. The van der Waals surface area contributed by atoms with E-state index in [4.69, 9.17) is 4.74 Å². The first-order chi connectivity index (χ1) is 8.38. The van der Waals surface area contributed by atoms with Crippen molar-refractivity contribution in [1.29, 1.82) is 0 Å². The minimum atomic E-state index is 0.735. The Kier molecular flexibility index (Phi) is 4.80. The van der Waals surface area contributed by atoms with Gasteiger partial charge in [0.2, 0.25) is 5.88 Å². The van der Waals surface area contributed by atoms with E-state index >= 15 is 0 Å². The number of hydrogen-bond donors (Lipinski definition) is 1. The van der Waals surface area contributed by atoms with Gasteiger partial charge >= 0.3 is 0 Å². The van der Waals surface area contributed by atoms with Crippen molar-refractivity contribution in [2.75, 3.05) is 13.7 Å². The fourth-order valence-corrected chi connectivity index (χ4v) is 2.40. The first-order valence-electron chi connectivity index (χ1n) is 6.61. The summed E-state index contributed by atoms with van der Waals surface area (Å²) in [5.74, 6) is 1.50. The second-order valence-electron chi connectivity index (χ2n) is 4.85. The van der Waals surface area contributed by atoms with E-state index in [1.807, 2.05) is 25.4 Å². The lowest BCUT2D eigenvalue weighted by molar-refractivity contribution is 0.202. The summed E-state index contributed by atoms with van der Waals surface area (Å²) in [7, 11) is 1.95. The molecule has 3 heteroatoms. The van der Waals surface area contributed by atoms with E-state index in [1.54, 1.807) is 0 Å². The molecule has 0 radical (unpaired) electrons. The summed E-state index contributed by atoms with van der Waals surface area (Å²) in [6, 6.07) is 4.04. The molecule has 1 N–H and O–H groups in total. The number of hydrogen-bond acceptors (Lipinski definition) is 3. The number of ether oxygens (including phenoxy) is 1. The summed E-state index contributed by atoms with van der Waals surface area (Å²) in [6.07, 6.45) is 8.57. The molecule has 3 nitrogen and oxygen atoms in total. The molecule has 1 aromatic heterocycles. The van der Waals surface area contributed by atoms with E-state index in [0.29, 0.717) is 0 Å². The lowest BCUT2D eigenvalue weighted by atomic mass is 9.90. The molecule has 1 heterocycles. The van der Waals surface area contributed by atoms with Crippen LogP contribution >= 0.6 is 0 Å². The molecular weight excluding hydrogens is 212 g/mol. The summed E-state index contributed by atoms with van der Waals surface area (Å²) in [5, 5.41) is 3.13. The van der Waals surface area contributed by atoms with Crippen molar-refractivity contribution in [2.45, 2.75) is 38.6 Å². The van der Waals surface area contributed by atoms with Crippen LogP contribution < -0.4 is 10.1 Å². The fourth-order valence-electron chi connectivity index (χ4n) is 2.40.